The van der Waals surface area contributed by atoms with Crippen LogP contribution in [0, 0.1) is 0 Å². The lowest BCUT2D eigenvalue weighted by Gasteiger charge is -2.28. The molecule has 1 fully saturated rings. The molecule has 2 atom stereocenters. The first kappa shape index (κ1) is 10.9. The number of aliphatic hydroxyl groups excluding tert-OH is 1. The largest absolute Gasteiger partial charge is 0.395 e. The van der Waals surface area contributed by atoms with Crippen LogP contribution in [-0.4, -0.2) is 54.9 Å². The van der Waals surface area contributed by atoms with Gasteiger partial charge in [0.15, 0.2) is 0 Å². The molecule has 1 aliphatic rings. The molecule has 0 bridgehead atoms. The highest BCUT2D eigenvalue weighted by atomic mass is 16.3. The Balaban J connectivity index is 2.51. The van der Waals surface area contributed by atoms with Crippen molar-refractivity contribution in [3.8, 4) is 0 Å². The Labute approximate surface area is 80.1 Å². The van der Waals surface area contributed by atoms with Crippen LogP contribution in [0.15, 0.2) is 0 Å². The molecule has 1 saturated heterocycles. The first-order chi connectivity index (χ1) is 6.13. The summed E-state index contributed by atoms with van der Waals surface area (Å²) >= 11 is 0. The van der Waals surface area contributed by atoms with E-state index in [-0.39, 0.29) is 12.1 Å². The molecule has 0 aromatic rings. The van der Waals surface area contributed by atoms with E-state index in [4.69, 9.17) is 10.8 Å². The molecular weight excluding hydrogens is 166 g/mol. The van der Waals surface area contributed by atoms with Crippen molar-refractivity contribution in [2.75, 3.05) is 33.3 Å². The molecule has 4 nitrogen and oxygen atoms in total. The molecule has 0 amide bonds. The molecule has 0 saturated carbocycles. The van der Waals surface area contributed by atoms with Gasteiger partial charge in [-0.05, 0) is 20.4 Å². The van der Waals surface area contributed by atoms with Crippen molar-refractivity contribution in [1.29, 1.82) is 0 Å². The first-order valence-corrected chi connectivity index (χ1v) is 4.90. The van der Waals surface area contributed by atoms with E-state index >= 15 is 0 Å². The molecule has 0 aromatic carbocycles. The van der Waals surface area contributed by atoms with Gasteiger partial charge in [0.25, 0.3) is 0 Å². The molecule has 0 aliphatic carbocycles. The number of hydrogen-bond acceptors (Lipinski definition) is 4. The van der Waals surface area contributed by atoms with Crippen molar-refractivity contribution in [2.45, 2.75) is 24.9 Å². The summed E-state index contributed by atoms with van der Waals surface area (Å²) in [5, 5.41) is 12.1. The highest BCUT2D eigenvalue weighted by Crippen LogP contribution is 2.24. The normalized spacial score (nSPS) is 35.5. The van der Waals surface area contributed by atoms with Crippen LogP contribution in [0.25, 0.3) is 0 Å². The maximum absolute atomic E-state index is 8.75. The van der Waals surface area contributed by atoms with E-state index in [1.54, 1.807) is 0 Å². The molecule has 1 rings (SSSR count). The van der Waals surface area contributed by atoms with Gasteiger partial charge in [0.2, 0.25) is 0 Å². The number of nitrogens with two attached hydrogens (primary N) is 1. The van der Waals surface area contributed by atoms with Crippen LogP contribution in [0.5, 0.6) is 0 Å². The predicted molar refractivity (Wildman–Crippen MR) is 53.6 cm³/mol. The van der Waals surface area contributed by atoms with Crippen LogP contribution in [0.2, 0.25) is 0 Å². The topological polar surface area (TPSA) is 61.5 Å². The summed E-state index contributed by atoms with van der Waals surface area (Å²) in [5.74, 6) is 0. The molecule has 1 heterocycles. The van der Waals surface area contributed by atoms with Crippen LogP contribution in [0.3, 0.4) is 0 Å². The van der Waals surface area contributed by atoms with Crippen LogP contribution >= 0.6 is 0 Å². The van der Waals surface area contributed by atoms with Gasteiger partial charge in [0, 0.05) is 31.2 Å². The highest BCUT2D eigenvalue weighted by Gasteiger charge is 2.38. The van der Waals surface area contributed by atoms with Crippen LogP contribution in [-0.2, 0) is 0 Å². The lowest BCUT2D eigenvalue weighted by atomic mass is 9.96. The average molecular weight is 187 g/mol. The molecule has 4 heteroatoms. The first-order valence-electron chi connectivity index (χ1n) is 4.90. The van der Waals surface area contributed by atoms with Gasteiger partial charge in [-0.2, -0.15) is 0 Å². The second-order valence-corrected chi connectivity index (χ2v) is 4.10. The third-order valence-corrected chi connectivity index (χ3v) is 2.99. The van der Waals surface area contributed by atoms with E-state index in [0.717, 1.165) is 13.0 Å². The minimum Gasteiger partial charge on any atom is -0.395 e. The van der Waals surface area contributed by atoms with Crippen LogP contribution in [0.1, 0.15) is 13.3 Å². The van der Waals surface area contributed by atoms with Crippen molar-refractivity contribution in [3.05, 3.63) is 0 Å². The summed E-state index contributed by atoms with van der Waals surface area (Å²) in [6.07, 6.45) is 1.07. The fraction of sp³-hybridized carbons (Fsp3) is 1.00. The predicted octanol–water partition coefficient (Wildman–Crippen LogP) is -1.01. The molecular formula is C9H21N3O. The molecule has 4 N–H and O–H groups in total. The standard InChI is InChI=1S/C9H21N3O/c1-8-5-9(6-10,7-12(8)2)11-3-4-13/h8,11,13H,3-7,10H2,1-2H3. The van der Waals surface area contributed by atoms with Gasteiger partial charge in [-0.3, -0.25) is 0 Å². The smallest absolute Gasteiger partial charge is 0.0556 e. The number of likely N-dealkylation sites (tertiary alicyclic amines) is 1. The van der Waals surface area contributed by atoms with Gasteiger partial charge in [-0.25, -0.2) is 0 Å². The molecule has 0 radical (unpaired) electrons. The van der Waals surface area contributed by atoms with Crippen molar-refractivity contribution in [3.63, 3.8) is 0 Å². The Kier molecular flexibility index (Phi) is 3.67. The van der Waals surface area contributed by atoms with Gasteiger partial charge in [-0.1, -0.05) is 0 Å². The Morgan fingerprint density at radius 3 is 2.77 bits per heavy atom. The Hall–Kier alpha value is -0.160. The average Bonchev–Trinajstić information content (AvgIpc) is 2.40. The number of hydrogen-bond donors (Lipinski definition) is 3. The summed E-state index contributed by atoms with van der Waals surface area (Å²) in [7, 11) is 2.11. The second-order valence-electron chi connectivity index (χ2n) is 4.10. The molecule has 78 valence electrons. The maximum Gasteiger partial charge on any atom is 0.0556 e. The van der Waals surface area contributed by atoms with Gasteiger partial charge in [-0.15, -0.1) is 0 Å². The van der Waals surface area contributed by atoms with Gasteiger partial charge >= 0.3 is 0 Å². The molecule has 0 spiro atoms. The Bertz CT molecular complexity index is 153. The third-order valence-electron chi connectivity index (χ3n) is 2.99. The van der Waals surface area contributed by atoms with Gasteiger partial charge in [0.05, 0.1) is 6.61 Å². The lowest BCUT2D eigenvalue weighted by molar-refractivity contribution is 0.251. The molecule has 1 aliphatic heterocycles. The maximum atomic E-state index is 8.75. The zero-order valence-electron chi connectivity index (χ0n) is 8.58. The van der Waals surface area contributed by atoms with E-state index in [1.807, 2.05) is 0 Å². The Morgan fingerprint density at radius 2 is 2.38 bits per heavy atom. The fourth-order valence-electron chi connectivity index (χ4n) is 2.09. The van der Waals surface area contributed by atoms with E-state index in [1.165, 1.54) is 0 Å². The van der Waals surface area contributed by atoms with Crippen molar-refractivity contribution in [2.24, 2.45) is 5.73 Å². The van der Waals surface area contributed by atoms with Crippen molar-refractivity contribution >= 4 is 0 Å². The van der Waals surface area contributed by atoms with Crippen molar-refractivity contribution in [1.82, 2.24) is 10.2 Å². The highest BCUT2D eigenvalue weighted by molar-refractivity contribution is 5.00. The summed E-state index contributed by atoms with van der Waals surface area (Å²) in [4.78, 5) is 2.30. The number of β-amino-alcohol motifs (C(OH)–C–C–N with tert-alkyl or cyclic N) is 1. The molecule has 13 heavy (non-hydrogen) atoms. The second kappa shape index (κ2) is 4.37. The van der Waals surface area contributed by atoms with E-state index in [9.17, 15) is 0 Å². The summed E-state index contributed by atoms with van der Waals surface area (Å²) < 4.78 is 0. The minimum atomic E-state index is 0.0247. The number of aliphatic hydroxyl groups is 1. The third kappa shape index (κ3) is 2.40. The van der Waals surface area contributed by atoms with Crippen molar-refractivity contribution < 1.29 is 5.11 Å². The summed E-state index contributed by atoms with van der Waals surface area (Å²) in [6, 6.07) is 0.578. The molecule has 2 unspecified atom stereocenters. The molecule has 0 aromatic heterocycles. The lowest BCUT2D eigenvalue weighted by Crippen LogP contribution is -2.53. The number of nitrogens with one attached hydrogen (secondary N) is 1. The van der Waals surface area contributed by atoms with Crippen LogP contribution < -0.4 is 11.1 Å². The number of likely N-dealkylation sites (N-methyl/N-ethyl adjacent to an activating group) is 1. The zero-order valence-corrected chi connectivity index (χ0v) is 8.58. The fourth-order valence-corrected chi connectivity index (χ4v) is 2.09. The van der Waals surface area contributed by atoms with Crippen LogP contribution in [0.4, 0.5) is 0 Å². The zero-order chi connectivity index (χ0) is 9.90. The summed E-state index contributed by atoms with van der Waals surface area (Å²) in [5.41, 5.74) is 5.79. The van der Waals surface area contributed by atoms with E-state index in [0.29, 0.717) is 19.1 Å². The summed E-state index contributed by atoms with van der Waals surface area (Å²) in [6.45, 7) is 4.64. The van der Waals surface area contributed by atoms with E-state index in [2.05, 4.69) is 24.2 Å². The SMILES string of the molecule is CC1CC(CN)(NCCO)CN1C. The Morgan fingerprint density at radius 1 is 1.69 bits per heavy atom. The minimum absolute atomic E-state index is 0.0247. The number of rotatable bonds is 4. The monoisotopic (exact) mass is 187 g/mol. The quantitative estimate of drug-likeness (QED) is 0.528. The number of nitrogens with zero attached hydrogens (tertiary/aromatic N) is 1. The van der Waals surface area contributed by atoms with Gasteiger partial charge in [0.1, 0.15) is 0 Å². The van der Waals surface area contributed by atoms with E-state index < -0.39 is 0 Å². The van der Waals surface area contributed by atoms with Gasteiger partial charge < -0.3 is 21.1 Å².